The second-order valence-corrected chi connectivity index (χ2v) is 6.39. The largest absolute Gasteiger partial charge is 0.340 e. The predicted octanol–water partition coefficient (Wildman–Crippen LogP) is 1.97. The standard InChI is InChI=1S/C15H24N4/c1-2-12-9-19(13-5-6-13)15(17-12)18-8-11-4-3-7-16-14(11)10-18/h9,11,13-14,16H,2-8,10H2,1H3/t11-,14+/m0/s1. The summed E-state index contributed by atoms with van der Waals surface area (Å²) in [6.45, 7) is 5.75. The molecule has 19 heavy (non-hydrogen) atoms. The van der Waals surface area contributed by atoms with Crippen LogP contribution in [0.25, 0.3) is 0 Å². The Labute approximate surface area is 115 Å². The molecule has 3 aliphatic rings. The predicted molar refractivity (Wildman–Crippen MR) is 76.6 cm³/mol. The summed E-state index contributed by atoms with van der Waals surface area (Å²) in [7, 11) is 0. The summed E-state index contributed by atoms with van der Waals surface area (Å²) in [5.74, 6) is 2.08. The van der Waals surface area contributed by atoms with Crippen molar-refractivity contribution in [3.63, 3.8) is 0 Å². The second-order valence-electron chi connectivity index (χ2n) is 6.39. The van der Waals surface area contributed by atoms with E-state index in [9.17, 15) is 0 Å². The van der Waals surface area contributed by atoms with Crippen molar-refractivity contribution in [2.24, 2.45) is 5.92 Å². The summed E-state index contributed by atoms with van der Waals surface area (Å²) in [5, 5.41) is 3.69. The van der Waals surface area contributed by atoms with E-state index in [1.807, 2.05) is 0 Å². The van der Waals surface area contributed by atoms with Crippen LogP contribution in [-0.4, -0.2) is 35.2 Å². The molecule has 104 valence electrons. The van der Waals surface area contributed by atoms with Gasteiger partial charge in [-0.3, -0.25) is 0 Å². The Hall–Kier alpha value is -1.03. The maximum Gasteiger partial charge on any atom is 0.206 e. The van der Waals surface area contributed by atoms with Gasteiger partial charge in [0, 0.05) is 31.4 Å². The monoisotopic (exact) mass is 260 g/mol. The molecular weight excluding hydrogens is 236 g/mol. The van der Waals surface area contributed by atoms with E-state index in [1.54, 1.807) is 0 Å². The van der Waals surface area contributed by atoms with Gasteiger partial charge in [0.1, 0.15) is 0 Å². The maximum atomic E-state index is 4.89. The Kier molecular flexibility index (Phi) is 2.79. The SMILES string of the molecule is CCc1cn(C2CC2)c(N2C[C@@H]3CCCN[C@@H]3C2)n1. The van der Waals surface area contributed by atoms with Gasteiger partial charge < -0.3 is 14.8 Å². The van der Waals surface area contributed by atoms with Crippen molar-refractivity contribution in [1.29, 1.82) is 0 Å². The van der Waals surface area contributed by atoms with Crippen LogP contribution in [0.3, 0.4) is 0 Å². The molecule has 1 aromatic rings. The molecule has 1 aliphatic carbocycles. The molecule has 0 aromatic carbocycles. The van der Waals surface area contributed by atoms with Gasteiger partial charge in [-0.05, 0) is 44.6 Å². The molecule has 2 atom stereocenters. The highest BCUT2D eigenvalue weighted by Gasteiger charge is 2.37. The summed E-state index contributed by atoms with van der Waals surface area (Å²) in [5.41, 5.74) is 1.25. The third-order valence-electron chi connectivity index (χ3n) is 4.95. The van der Waals surface area contributed by atoms with Crippen molar-refractivity contribution in [2.75, 3.05) is 24.5 Å². The molecule has 2 saturated heterocycles. The molecular formula is C15H24N4. The number of fused-ring (bicyclic) bond motifs is 1. The van der Waals surface area contributed by atoms with Gasteiger partial charge in [-0.1, -0.05) is 6.92 Å². The van der Waals surface area contributed by atoms with Crippen LogP contribution >= 0.6 is 0 Å². The Bertz CT molecular complexity index is 449. The highest BCUT2D eigenvalue weighted by Crippen LogP contribution is 2.39. The number of nitrogens with zero attached hydrogens (tertiary/aromatic N) is 3. The average Bonchev–Trinajstić information content (AvgIpc) is 3.05. The molecule has 4 rings (SSSR count). The topological polar surface area (TPSA) is 33.1 Å². The molecule has 4 heteroatoms. The number of rotatable bonds is 3. The Morgan fingerprint density at radius 1 is 1.32 bits per heavy atom. The summed E-state index contributed by atoms with van der Waals surface area (Å²) in [6.07, 6.45) is 8.75. The zero-order valence-electron chi connectivity index (χ0n) is 11.8. The van der Waals surface area contributed by atoms with Crippen LogP contribution < -0.4 is 10.2 Å². The molecule has 3 heterocycles. The average molecular weight is 260 g/mol. The number of nitrogens with one attached hydrogen (secondary N) is 1. The minimum Gasteiger partial charge on any atom is -0.340 e. The molecule has 4 nitrogen and oxygen atoms in total. The van der Waals surface area contributed by atoms with Gasteiger partial charge in [0.15, 0.2) is 0 Å². The Balaban J connectivity index is 1.59. The molecule has 0 bridgehead atoms. The van der Waals surface area contributed by atoms with E-state index in [-0.39, 0.29) is 0 Å². The van der Waals surface area contributed by atoms with Gasteiger partial charge in [-0.15, -0.1) is 0 Å². The number of hydrogen-bond acceptors (Lipinski definition) is 3. The molecule has 1 aromatic heterocycles. The van der Waals surface area contributed by atoms with Crippen LogP contribution in [0.5, 0.6) is 0 Å². The third-order valence-corrected chi connectivity index (χ3v) is 4.95. The molecule has 0 amide bonds. The van der Waals surface area contributed by atoms with E-state index < -0.39 is 0 Å². The van der Waals surface area contributed by atoms with Gasteiger partial charge in [-0.25, -0.2) is 4.98 Å². The van der Waals surface area contributed by atoms with E-state index >= 15 is 0 Å². The number of aryl methyl sites for hydroxylation is 1. The lowest BCUT2D eigenvalue weighted by Crippen LogP contribution is -2.40. The van der Waals surface area contributed by atoms with Gasteiger partial charge in [0.25, 0.3) is 0 Å². The Morgan fingerprint density at radius 3 is 2.95 bits per heavy atom. The first-order valence-electron chi connectivity index (χ1n) is 7.91. The van der Waals surface area contributed by atoms with Gasteiger partial charge >= 0.3 is 0 Å². The second kappa shape index (κ2) is 4.51. The van der Waals surface area contributed by atoms with Crippen molar-refractivity contribution >= 4 is 5.95 Å². The molecule has 3 fully saturated rings. The zero-order chi connectivity index (χ0) is 12.8. The van der Waals surface area contributed by atoms with Crippen LogP contribution in [0.15, 0.2) is 6.20 Å². The third kappa shape index (κ3) is 2.06. The van der Waals surface area contributed by atoms with E-state index in [0.717, 1.165) is 24.9 Å². The van der Waals surface area contributed by atoms with Crippen molar-refractivity contribution in [1.82, 2.24) is 14.9 Å². The minimum absolute atomic E-state index is 0.697. The summed E-state index contributed by atoms with van der Waals surface area (Å²) in [6, 6.07) is 1.43. The lowest BCUT2D eigenvalue weighted by molar-refractivity contribution is 0.340. The fourth-order valence-corrected chi connectivity index (χ4v) is 3.67. The number of hydrogen-bond donors (Lipinski definition) is 1. The van der Waals surface area contributed by atoms with Gasteiger partial charge in [0.05, 0.1) is 5.69 Å². The first kappa shape index (κ1) is 11.8. The van der Waals surface area contributed by atoms with Crippen LogP contribution in [0.2, 0.25) is 0 Å². The lowest BCUT2D eigenvalue weighted by Gasteiger charge is -2.24. The first-order chi connectivity index (χ1) is 9.35. The summed E-state index contributed by atoms with van der Waals surface area (Å²) in [4.78, 5) is 7.42. The van der Waals surface area contributed by atoms with Crippen LogP contribution in [0.1, 0.15) is 44.3 Å². The molecule has 1 N–H and O–H groups in total. The summed E-state index contributed by atoms with van der Waals surface area (Å²) < 4.78 is 2.45. The van der Waals surface area contributed by atoms with Crippen molar-refractivity contribution in [3.8, 4) is 0 Å². The molecule has 0 spiro atoms. The van der Waals surface area contributed by atoms with Crippen molar-refractivity contribution < 1.29 is 0 Å². The zero-order valence-corrected chi connectivity index (χ0v) is 11.8. The number of imidazole rings is 1. The van der Waals surface area contributed by atoms with E-state index in [1.165, 1.54) is 50.4 Å². The smallest absolute Gasteiger partial charge is 0.206 e. The van der Waals surface area contributed by atoms with Crippen LogP contribution in [-0.2, 0) is 6.42 Å². The van der Waals surface area contributed by atoms with Crippen molar-refractivity contribution in [3.05, 3.63) is 11.9 Å². The Morgan fingerprint density at radius 2 is 2.21 bits per heavy atom. The molecule has 0 radical (unpaired) electrons. The van der Waals surface area contributed by atoms with Crippen molar-refractivity contribution in [2.45, 2.75) is 51.1 Å². The normalized spacial score (nSPS) is 30.7. The number of piperidine rings is 1. The highest BCUT2D eigenvalue weighted by molar-refractivity contribution is 5.38. The fraction of sp³-hybridized carbons (Fsp3) is 0.800. The highest BCUT2D eigenvalue weighted by atomic mass is 15.3. The van der Waals surface area contributed by atoms with E-state index in [0.29, 0.717) is 6.04 Å². The minimum atomic E-state index is 0.697. The quantitative estimate of drug-likeness (QED) is 0.902. The fourth-order valence-electron chi connectivity index (χ4n) is 3.67. The van der Waals surface area contributed by atoms with E-state index in [4.69, 9.17) is 4.98 Å². The molecule has 0 unspecified atom stereocenters. The number of anilines is 1. The number of aromatic nitrogens is 2. The van der Waals surface area contributed by atoms with Gasteiger partial charge in [-0.2, -0.15) is 0 Å². The molecule has 2 aliphatic heterocycles. The maximum absolute atomic E-state index is 4.89. The van der Waals surface area contributed by atoms with Gasteiger partial charge in [0.2, 0.25) is 5.95 Å². The molecule has 1 saturated carbocycles. The van der Waals surface area contributed by atoms with Crippen LogP contribution in [0.4, 0.5) is 5.95 Å². The van der Waals surface area contributed by atoms with E-state index in [2.05, 4.69) is 27.9 Å². The first-order valence-corrected chi connectivity index (χ1v) is 7.91. The lowest BCUT2D eigenvalue weighted by atomic mass is 9.94. The summed E-state index contributed by atoms with van der Waals surface area (Å²) >= 11 is 0. The van der Waals surface area contributed by atoms with Crippen LogP contribution in [0, 0.1) is 5.92 Å².